The van der Waals surface area contributed by atoms with Crippen molar-refractivity contribution in [1.82, 2.24) is 5.32 Å². The van der Waals surface area contributed by atoms with E-state index >= 15 is 0 Å². The van der Waals surface area contributed by atoms with Crippen LogP contribution in [0, 0.1) is 35.0 Å². The highest BCUT2D eigenvalue weighted by Gasteiger charge is 2.29. The molecule has 0 saturated heterocycles. The van der Waals surface area contributed by atoms with Crippen LogP contribution >= 0.6 is 0 Å². The van der Waals surface area contributed by atoms with E-state index < -0.39 is 46.5 Å². The third-order valence-electron chi connectivity index (χ3n) is 2.36. The minimum atomic E-state index is -2.32. The highest BCUT2D eigenvalue weighted by Crippen LogP contribution is 2.22. The summed E-state index contributed by atoms with van der Waals surface area (Å²) in [7, 11) is 0. The number of halogens is 5. The van der Waals surface area contributed by atoms with Crippen molar-refractivity contribution in [2.75, 3.05) is 13.2 Å². The van der Waals surface area contributed by atoms with Crippen molar-refractivity contribution in [1.29, 1.82) is 0 Å². The number of hydrogen-bond donors (Lipinski definition) is 2. The first-order valence-electron chi connectivity index (χ1n) is 5.21. The van der Waals surface area contributed by atoms with Crippen LogP contribution in [0.3, 0.4) is 0 Å². The maximum absolute atomic E-state index is 13.2. The van der Waals surface area contributed by atoms with E-state index in [4.69, 9.17) is 5.11 Å². The Morgan fingerprint density at radius 2 is 1.47 bits per heavy atom. The Morgan fingerprint density at radius 3 is 1.89 bits per heavy atom. The molecule has 0 radical (unpaired) electrons. The van der Waals surface area contributed by atoms with E-state index in [0.29, 0.717) is 0 Å². The Bertz CT molecular complexity index is 477. The largest absolute Gasteiger partial charge is 0.396 e. The van der Waals surface area contributed by atoms with Crippen molar-refractivity contribution in [2.24, 2.45) is 5.92 Å². The highest BCUT2D eigenvalue weighted by molar-refractivity contribution is 5.94. The normalized spacial score (nSPS) is 12.4. The SMILES string of the molecule is CC(CO)CNC(=O)c1c(F)c(F)c(F)c(F)c1F. The molecule has 0 bridgehead atoms. The third kappa shape index (κ3) is 3.01. The maximum Gasteiger partial charge on any atom is 0.257 e. The Morgan fingerprint density at radius 1 is 1.05 bits per heavy atom. The van der Waals surface area contributed by atoms with Gasteiger partial charge in [-0.15, -0.1) is 0 Å². The lowest BCUT2D eigenvalue weighted by atomic mass is 10.1. The lowest BCUT2D eigenvalue weighted by Gasteiger charge is -2.11. The molecule has 19 heavy (non-hydrogen) atoms. The number of hydrogen-bond acceptors (Lipinski definition) is 2. The van der Waals surface area contributed by atoms with E-state index in [-0.39, 0.29) is 13.2 Å². The van der Waals surface area contributed by atoms with Gasteiger partial charge < -0.3 is 10.4 Å². The molecular weight excluding hydrogens is 273 g/mol. The summed E-state index contributed by atoms with van der Waals surface area (Å²) in [6.45, 7) is 1.03. The van der Waals surface area contributed by atoms with Gasteiger partial charge in [0.25, 0.3) is 5.91 Å². The molecule has 0 aliphatic heterocycles. The molecule has 0 aromatic heterocycles. The van der Waals surface area contributed by atoms with Crippen molar-refractivity contribution in [3.05, 3.63) is 34.6 Å². The first-order chi connectivity index (χ1) is 8.81. The summed E-state index contributed by atoms with van der Waals surface area (Å²) in [5.41, 5.74) is -1.54. The number of carbonyl (C=O) groups excluding carboxylic acids is 1. The molecule has 0 fully saturated rings. The summed E-state index contributed by atoms with van der Waals surface area (Å²) in [6, 6.07) is 0. The topological polar surface area (TPSA) is 49.3 Å². The molecule has 1 amide bonds. The van der Waals surface area contributed by atoms with Gasteiger partial charge in [-0.2, -0.15) is 0 Å². The molecule has 8 heteroatoms. The van der Waals surface area contributed by atoms with Crippen LogP contribution in [0.25, 0.3) is 0 Å². The molecule has 0 aliphatic rings. The van der Waals surface area contributed by atoms with Gasteiger partial charge in [-0.3, -0.25) is 4.79 Å². The fourth-order valence-electron chi connectivity index (χ4n) is 1.22. The van der Waals surface area contributed by atoms with Crippen molar-refractivity contribution in [3.63, 3.8) is 0 Å². The number of rotatable bonds is 4. The minimum Gasteiger partial charge on any atom is -0.396 e. The maximum atomic E-state index is 13.2. The van der Waals surface area contributed by atoms with Gasteiger partial charge in [0.05, 0.1) is 0 Å². The van der Waals surface area contributed by atoms with E-state index in [1.54, 1.807) is 0 Å². The van der Waals surface area contributed by atoms with Crippen LogP contribution in [0.2, 0.25) is 0 Å². The molecule has 0 saturated carbocycles. The van der Waals surface area contributed by atoms with Crippen LogP contribution in [0.1, 0.15) is 17.3 Å². The second kappa shape index (κ2) is 5.96. The molecule has 106 valence electrons. The molecular formula is C11H10F5NO2. The van der Waals surface area contributed by atoms with Crippen LogP contribution in [0.5, 0.6) is 0 Å². The van der Waals surface area contributed by atoms with Gasteiger partial charge >= 0.3 is 0 Å². The van der Waals surface area contributed by atoms with Gasteiger partial charge in [0.15, 0.2) is 23.3 Å². The molecule has 0 heterocycles. The first-order valence-corrected chi connectivity index (χ1v) is 5.21. The predicted octanol–water partition coefficient (Wildman–Crippen LogP) is 1.74. The van der Waals surface area contributed by atoms with Crippen LogP contribution in [0.15, 0.2) is 0 Å². The van der Waals surface area contributed by atoms with E-state index in [9.17, 15) is 26.7 Å². The Labute approximate surface area is 105 Å². The quantitative estimate of drug-likeness (QED) is 0.502. The zero-order valence-electron chi connectivity index (χ0n) is 9.74. The average Bonchev–Trinajstić information content (AvgIpc) is 2.40. The zero-order valence-corrected chi connectivity index (χ0v) is 9.74. The van der Waals surface area contributed by atoms with Gasteiger partial charge in [0, 0.05) is 13.2 Å². The first kappa shape index (κ1) is 15.4. The zero-order chi connectivity index (χ0) is 14.7. The van der Waals surface area contributed by atoms with Crippen LogP contribution < -0.4 is 5.32 Å². The summed E-state index contributed by atoms with van der Waals surface area (Å²) in [5.74, 6) is -12.9. The molecule has 3 nitrogen and oxygen atoms in total. The van der Waals surface area contributed by atoms with Gasteiger partial charge in [-0.25, -0.2) is 22.0 Å². The predicted molar refractivity (Wildman–Crippen MR) is 54.8 cm³/mol. The molecule has 1 rings (SSSR count). The minimum absolute atomic E-state index is 0.172. The molecule has 1 aromatic carbocycles. The number of carbonyl (C=O) groups is 1. The number of aliphatic hydroxyl groups excluding tert-OH is 1. The Kier molecular flexibility index (Phi) is 4.82. The molecule has 1 unspecified atom stereocenters. The Balaban J connectivity index is 3.10. The second-order valence-corrected chi connectivity index (χ2v) is 3.94. The number of benzene rings is 1. The third-order valence-corrected chi connectivity index (χ3v) is 2.36. The van der Waals surface area contributed by atoms with Crippen LogP contribution in [-0.2, 0) is 0 Å². The standard InChI is InChI=1S/C11H10F5NO2/c1-4(3-18)2-17-11(19)5-6(12)8(14)10(16)9(15)7(5)13/h4,18H,2-3H2,1H3,(H,17,19). The van der Waals surface area contributed by atoms with E-state index in [0.717, 1.165) is 0 Å². The molecule has 1 aromatic rings. The second-order valence-electron chi connectivity index (χ2n) is 3.94. The van der Waals surface area contributed by atoms with Crippen LogP contribution in [0.4, 0.5) is 22.0 Å². The van der Waals surface area contributed by atoms with Crippen LogP contribution in [-0.4, -0.2) is 24.2 Å². The van der Waals surface area contributed by atoms with Crippen molar-refractivity contribution < 1.29 is 31.9 Å². The van der Waals surface area contributed by atoms with E-state index in [1.165, 1.54) is 6.92 Å². The number of amides is 1. The van der Waals surface area contributed by atoms with Gasteiger partial charge in [-0.1, -0.05) is 6.92 Å². The fourth-order valence-corrected chi connectivity index (χ4v) is 1.22. The summed E-state index contributed by atoms with van der Waals surface area (Å²) in [6.07, 6.45) is 0. The average molecular weight is 283 g/mol. The lowest BCUT2D eigenvalue weighted by Crippen LogP contribution is -2.31. The smallest absolute Gasteiger partial charge is 0.257 e. The van der Waals surface area contributed by atoms with Crippen molar-refractivity contribution >= 4 is 5.91 Å². The van der Waals surface area contributed by atoms with Crippen molar-refractivity contribution in [2.45, 2.75) is 6.92 Å². The van der Waals surface area contributed by atoms with Gasteiger partial charge in [0.2, 0.25) is 5.82 Å². The fraction of sp³-hybridized carbons (Fsp3) is 0.364. The molecule has 0 spiro atoms. The molecule has 0 aliphatic carbocycles. The molecule has 2 N–H and O–H groups in total. The molecule has 1 atom stereocenters. The van der Waals surface area contributed by atoms with Crippen molar-refractivity contribution in [3.8, 4) is 0 Å². The summed E-state index contributed by atoms with van der Waals surface area (Å²) < 4.78 is 64.9. The van der Waals surface area contributed by atoms with Gasteiger partial charge in [0.1, 0.15) is 5.56 Å². The Hall–Kier alpha value is -1.70. The summed E-state index contributed by atoms with van der Waals surface area (Å²) >= 11 is 0. The van der Waals surface area contributed by atoms with E-state index in [1.807, 2.05) is 5.32 Å². The number of aliphatic hydroxyl groups is 1. The summed E-state index contributed by atoms with van der Waals surface area (Å²) in [4.78, 5) is 11.4. The summed E-state index contributed by atoms with van der Waals surface area (Å²) in [5, 5.41) is 10.7. The lowest BCUT2D eigenvalue weighted by molar-refractivity contribution is 0.0930. The van der Waals surface area contributed by atoms with Gasteiger partial charge in [-0.05, 0) is 5.92 Å². The highest BCUT2D eigenvalue weighted by atomic mass is 19.2. The monoisotopic (exact) mass is 283 g/mol. The number of nitrogens with one attached hydrogen (secondary N) is 1. The van der Waals surface area contributed by atoms with E-state index in [2.05, 4.69) is 0 Å².